The molecule has 5 heteroatoms. The first-order valence-electron chi connectivity index (χ1n) is 8.26. The van der Waals surface area contributed by atoms with Gasteiger partial charge < -0.3 is 13.6 Å². The molecule has 1 heterocycles. The average molecular weight is 383 g/mol. The number of para-hydroxylation sites is 1. The third-order valence-electron chi connectivity index (χ3n) is 4.75. The largest absolute Gasteiger partial charge is 0.491 e. The molecule has 0 aliphatic heterocycles. The van der Waals surface area contributed by atoms with Crippen molar-refractivity contribution in [2.75, 3.05) is 32.8 Å². The van der Waals surface area contributed by atoms with Crippen LogP contribution in [0.3, 0.4) is 0 Å². The third-order valence-corrected chi connectivity index (χ3v) is 5.43. The first-order chi connectivity index (χ1) is 11.1. The van der Waals surface area contributed by atoms with Gasteiger partial charge in [-0.15, -0.1) is 0 Å². The number of rotatable bonds is 8. The second kappa shape index (κ2) is 7.97. The quantitative estimate of drug-likeness (QED) is 0.390. The van der Waals surface area contributed by atoms with Gasteiger partial charge in [0.25, 0.3) is 0 Å². The van der Waals surface area contributed by atoms with E-state index in [-0.39, 0.29) is 0 Å². The molecule has 0 aliphatic carbocycles. The van der Waals surface area contributed by atoms with Crippen LogP contribution in [-0.4, -0.2) is 37.3 Å². The number of halogens is 1. The van der Waals surface area contributed by atoms with Gasteiger partial charge in [-0.05, 0) is 48.8 Å². The molecular formula is C18H25BrNO3+. The molecule has 1 aromatic heterocycles. The van der Waals surface area contributed by atoms with Gasteiger partial charge in [-0.2, -0.15) is 0 Å². The van der Waals surface area contributed by atoms with Crippen molar-refractivity contribution in [3.05, 3.63) is 39.2 Å². The zero-order chi connectivity index (χ0) is 16.9. The van der Waals surface area contributed by atoms with E-state index in [9.17, 15) is 4.79 Å². The summed E-state index contributed by atoms with van der Waals surface area (Å²) in [6.45, 7) is 11.8. The molecule has 0 amide bonds. The summed E-state index contributed by atoms with van der Waals surface area (Å²) in [5.41, 5.74) is 0.149. The summed E-state index contributed by atoms with van der Waals surface area (Å²) >= 11 is 3.30. The van der Waals surface area contributed by atoms with E-state index in [0.717, 1.165) is 42.5 Å². The molecular weight excluding hydrogens is 358 g/mol. The topological polar surface area (TPSA) is 39.4 Å². The van der Waals surface area contributed by atoms with Gasteiger partial charge in [0.15, 0.2) is 5.75 Å². The Morgan fingerprint density at radius 2 is 1.78 bits per heavy atom. The van der Waals surface area contributed by atoms with Crippen LogP contribution in [0.2, 0.25) is 0 Å². The average Bonchev–Trinajstić information content (AvgIpc) is 2.58. The van der Waals surface area contributed by atoms with Gasteiger partial charge >= 0.3 is 5.63 Å². The van der Waals surface area contributed by atoms with E-state index in [0.29, 0.717) is 22.4 Å². The van der Waals surface area contributed by atoms with E-state index in [1.165, 1.54) is 0 Å². The van der Waals surface area contributed by atoms with E-state index in [1.54, 1.807) is 6.07 Å². The van der Waals surface area contributed by atoms with Crippen molar-refractivity contribution >= 4 is 26.9 Å². The van der Waals surface area contributed by atoms with Crippen molar-refractivity contribution in [2.24, 2.45) is 0 Å². The molecule has 1 aromatic carbocycles. The molecule has 0 bridgehead atoms. The number of nitrogens with zero attached hydrogens (tertiary/aromatic N) is 1. The fourth-order valence-electron chi connectivity index (χ4n) is 2.96. The summed E-state index contributed by atoms with van der Waals surface area (Å²) in [5, 5.41) is 0.821. The molecule has 0 saturated carbocycles. The highest BCUT2D eigenvalue weighted by atomic mass is 79.9. The molecule has 0 aliphatic rings. The Labute approximate surface area is 145 Å². The Hall–Kier alpha value is -1.33. The molecule has 0 atom stereocenters. The van der Waals surface area contributed by atoms with Gasteiger partial charge in [-0.25, -0.2) is 4.79 Å². The predicted octanol–water partition coefficient (Wildman–Crippen LogP) is 4.20. The van der Waals surface area contributed by atoms with Gasteiger partial charge in [0.05, 0.1) is 38.2 Å². The summed E-state index contributed by atoms with van der Waals surface area (Å²) in [6, 6.07) is 7.44. The van der Waals surface area contributed by atoms with Crippen LogP contribution in [0.4, 0.5) is 0 Å². The van der Waals surface area contributed by atoms with E-state index in [2.05, 4.69) is 36.7 Å². The fourth-order valence-corrected chi connectivity index (χ4v) is 3.37. The zero-order valence-electron chi connectivity index (χ0n) is 14.1. The number of benzene rings is 1. The van der Waals surface area contributed by atoms with Gasteiger partial charge in [0, 0.05) is 6.42 Å². The number of quaternary nitrogens is 1. The maximum absolute atomic E-state index is 11.9. The second-order valence-electron chi connectivity index (χ2n) is 5.74. The molecule has 0 unspecified atom stereocenters. The van der Waals surface area contributed by atoms with Crippen molar-refractivity contribution in [2.45, 2.75) is 27.2 Å². The summed E-state index contributed by atoms with van der Waals surface area (Å²) in [5.74, 6) is 0.583. The lowest BCUT2D eigenvalue weighted by atomic mass is 10.2. The van der Waals surface area contributed by atoms with Gasteiger partial charge in [0.2, 0.25) is 0 Å². The standard InChI is InChI=1S/C18H25BrNO3/c1-4-20(5-2,6-3)12-9-13-22-17-14-10-7-8-11-15(14)23-18(21)16(17)19/h7-8,10-11H,4-6,9,12-13H2,1-3H3/q+1. The highest BCUT2D eigenvalue weighted by Crippen LogP contribution is 2.30. The molecule has 0 fully saturated rings. The normalized spacial score (nSPS) is 11.8. The summed E-state index contributed by atoms with van der Waals surface area (Å²) in [6.07, 6.45) is 0.955. The van der Waals surface area contributed by atoms with Gasteiger partial charge in [0.1, 0.15) is 10.1 Å². The number of fused-ring (bicyclic) bond motifs is 1. The van der Waals surface area contributed by atoms with Crippen LogP contribution in [0.5, 0.6) is 5.75 Å². The number of hydrogen-bond donors (Lipinski definition) is 0. The third kappa shape index (κ3) is 3.96. The smallest absolute Gasteiger partial charge is 0.354 e. The first-order valence-corrected chi connectivity index (χ1v) is 9.05. The van der Waals surface area contributed by atoms with Crippen LogP contribution < -0.4 is 10.4 Å². The van der Waals surface area contributed by atoms with Crippen molar-refractivity contribution in [3.63, 3.8) is 0 Å². The van der Waals surface area contributed by atoms with Gasteiger partial charge in [-0.3, -0.25) is 0 Å². The Morgan fingerprint density at radius 3 is 2.43 bits per heavy atom. The Morgan fingerprint density at radius 1 is 1.13 bits per heavy atom. The lowest BCUT2D eigenvalue weighted by Crippen LogP contribution is -2.48. The molecule has 0 N–H and O–H groups in total. The molecule has 2 rings (SSSR count). The van der Waals surface area contributed by atoms with Crippen LogP contribution in [0, 0.1) is 0 Å². The number of ether oxygens (including phenoxy) is 1. The van der Waals surface area contributed by atoms with Crippen LogP contribution in [0.15, 0.2) is 37.9 Å². The molecule has 126 valence electrons. The Balaban J connectivity index is 2.11. The van der Waals surface area contributed by atoms with Crippen molar-refractivity contribution < 1.29 is 13.6 Å². The summed E-state index contributed by atoms with van der Waals surface area (Å²) in [7, 11) is 0. The fraction of sp³-hybridized carbons (Fsp3) is 0.500. The zero-order valence-corrected chi connectivity index (χ0v) is 15.7. The monoisotopic (exact) mass is 382 g/mol. The maximum Gasteiger partial charge on any atom is 0.354 e. The SMILES string of the molecule is CC[N+](CC)(CC)CCCOc1c(Br)c(=O)oc2ccccc12. The minimum Gasteiger partial charge on any atom is -0.491 e. The highest BCUT2D eigenvalue weighted by Gasteiger charge is 2.20. The van der Waals surface area contributed by atoms with Crippen molar-refractivity contribution in [1.82, 2.24) is 0 Å². The van der Waals surface area contributed by atoms with Crippen LogP contribution in [-0.2, 0) is 0 Å². The maximum atomic E-state index is 11.9. The molecule has 2 aromatic rings. The van der Waals surface area contributed by atoms with Crippen LogP contribution in [0.1, 0.15) is 27.2 Å². The molecule has 0 spiro atoms. The number of hydrogen-bond acceptors (Lipinski definition) is 3. The highest BCUT2D eigenvalue weighted by molar-refractivity contribution is 9.10. The Kier molecular flexibility index (Phi) is 6.25. The van der Waals surface area contributed by atoms with E-state index in [4.69, 9.17) is 9.15 Å². The minimum atomic E-state index is -0.403. The minimum absolute atomic E-state index is 0.360. The Bertz CT molecular complexity index is 699. The predicted molar refractivity (Wildman–Crippen MR) is 97.0 cm³/mol. The van der Waals surface area contributed by atoms with Gasteiger partial charge in [-0.1, -0.05) is 12.1 Å². The first kappa shape index (κ1) is 18.0. The summed E-state index contributed by atoms with van der Waals surface area (Å²) in [4.78, 5) is 11.9. The van der Waals surface area contributed by atoms with Crippen LogP contribution >= 0.6 is 15.9 Å². The molecule has 23 heavy (non-hydrogen) atoms. The lowest BCUT2D eigenvalue weighted by molar-refractivity contribution is -0.923. The molecule has 0 radical (unpaired) electrons. The van der Waals surface area contributed by atoms with E-state index >= 15 is 0 Å². The molecule has 4 nitrogen and oxygen atoms in total. The van der Waals surface area contributed by atoms with E-state index in [1.807, 2.05) is 18.2 Å². The van der Waals surface area contributed by atoms with Crippen molar-refractivity contribution in [3.8, 4) is 5.75 Å². The summed E-state index contributed by atoms with van der Waals surface area (Å²) < 4.78 is 12.7. The van der Waals surface area contributed by atoms with E-state index < -0.39 is 5.63 Å². The molecule has 0 saturated heterocycles. The lowest BCUT2D eigenvalue weighted by Gasteiger charge is -2.35. The van der Waals surface area contributed by atoms with Crippen LogP contribution in [0.25, 0.3) is 11.0 Å². The van der Waals surface area contributed by atoms with Crippen molar-refractivity contribution in [1.29, 1.82) is 0 Å². The second-order valence-corrected chi connectivity index (χ2v) is 6.54.